The van der Waals surface area contributed by atoms with E-state index in [4.69, 9.17) is 4.74 Å². The largest absolute Gasteiger partial charge is 0.497 e. The Morgan fingerprint density at radius 3 is 2.14 bits per heavy atom. The minimum Gasteiger partial charge on any atom is -0.497 e. The van der Waals surface area contributed by atoms with Crippen LogP contribution in [0.5, 0.6) is 5.75 Å². The van der Waals surface area contributed by atoms with Crippen molar-refractivity contribution < 1.29 is 4.74 Å². The maximum Gasteiger partial charge on any atom is 0.120 e. The van der Waals surface area contributed by atoms with Crippen LogP contribution in [0.15, 0.2) is 71.6 Å². The molecule has 0 saturated heterocycles. The van der Waals surface area contributed by atoms with Gasteiger partial charge in [-0.2, -0.15) is 0 Å². The predicted octanol–water partition coefficient (Wildman–Crippen LogP) is 6.15. The van der Waals surface area contributed by atoms with Crippen LogP contribution >= 0.6 is 11.8 Å². The van der Waals surface area contributed by atoms with Crippen LogP contribution in [-0.2, 0) is 0 Å². The van der Waals surface area contributed by atoms with Crippen LogP contribution in [0.1, 0.15) is 22.1 Å². The molecule has 0 radical (unpaired) electrons. The third kappa shape index (κ3) is 4.02. The molecule has 1 atom stereocenters. The van der Waals surface area contributed by atoms with Gasteiger partial charge in [-0.25, -0.2) is 0 Å². The topological polar surface area (TPSA) is 24.5 Å². The van der Waals surface area contributed by atoms with E-state index in [-0.39, 0.29) is 5.37 Å². The van der Waals surface area contributed by atoms with Gasteiger partial charge in [0, 0.05) is 30.4 Å². The second-order valence-electron chi connectivity index (χ2n) is 6.99. The molecule has 0 aliphatic carbocycles. The van der Waals surface area contributed by atoms with Gasteiger partial charge in [0.1, 0.15) is 11.1 Å². The van der Waals surface area contributed by atoms with E-state index in [0.29, 0.717) is 0 Å². The molecule has 1 aliphatic rings. The monoisotopic (exact) mass is 388 g/mol. The summed E-state index contributed by atoms with van der Waals surface area (Å²) in [4.78, 5) is 3.34. The highest BCUT2D eigenvalue weighted by Crippen LogP contribution is 2.47. The number of thioether (sulfide) groups is 1. The third-order valence-electron chi connectivity index (χ3n) is 4.84. The summed E-state index contributed by atoms with van der Waals surface area (Å²) >= 11 is 1.83. The van der Waals surface area contributed by atoms with E-state index in [1.165, 1.54) is 33.0 Å². The molecule has 3 aromatic rings. The van der Waals surface area contributed by atoms with Crippen LogP contribution in [0.2, 0.25) is 0 Å². The summed E-state index contributed by atoms with van der Waals surface area (Å²) in [7, 11) is 5.81. The first-order valence-electron chi connectivity index (χ1n) is 9.29. The second-order valence-corrected chi connectivity index (χ2v) is 8.14. The van der Waals surface area contributed by atoms with Gasteiger partial charge < -0.3 is 15.0 Å². The van der Waals surface area contributed by atoms with Gasteiger partial charge in [0.2, 0.25) is 0 Å². The van der Waals surface area contributed by atoms with Crippen molar-refractivity contribution in [2.24, 2.45) is 0 Å². The number of benzene rings is 3. The molecule has 0 spiro atoms. The summed E-state index contributed by atoms with van der Waals surface area (Å²) in [5, 5.41) is 3.81. The van der Waals surface area contributed by atoms with E-state index in [0.717, 1.165) is 5.75 Å². The lowest BCUT2D eigenvalue weighted by atomic mass is 10.1. The average molecular weight is 389 g/mol. The van der Waals surface area contributed by atoms with Crippen LogP contribution in [0.25, 0.3) is 12.2 Å². The van der Waals surface area contributed by atoms with Crippen molar-refractivity contribution in [3.63, 3.8) is 0 Å². The van der Waals surface area contributed by atoms with Gasteiger partial charge in [0.15, 0.2) is 0 Å². The molecule has 4 rings (SSSR count). The van der Waals surface area contributed by atoms with E-state index in [1.54, 1.807) is 7.11 Å². The van der Waals surface area contributed by atoms with E-state index in [2.05, 4.69) is 97.1 Å². The van der Waals surface area contributed by atoms with Gasteiger partial charge in [0.25, 0.3) is 0 Å². The first-order chi connectivity index (χ1) is 13.6. The summed E-state index contributed by atoms with van der Waals surface area (Å²) in [6.45, 7) is 0. The smallest absolute Gasteiger partial charge is 0.120 e. The predicted molar refractivity (Wildman–Crippen MR) is 121 cm³/mol. The Labute approximate surface area is 171 Å². The van der Waals surface area contributed by atoms with Crippen LogP contribution in [-0.4, -0.2) is 21.2 Å². The lowest BCUT2D eigenvalue weighted by Crippen LogP contribution is -2.07. The summed E-state index contributed by atoms with van der Waals surface area (Å²) in [5.74, 6) is 0.896. The van der Waals surface area contributed by atoms with Gasteiger partial charge in [-0.05, 0) is 47.0 Å². The molecule has 0 bridgehead atoms. The zero-order valence-corrected chi connectivity index (χ0v) is 17.2. The highest BCUT2D eigenvalue weighted by atomic mass is 32.2. The number of nitrogens with zero attached hydrogens (tertiary/aromatic N) is 1. The van der Waals surface area contributed by atoms with Crippen LogP contribution < -0.4 is 15.0 Å². The Hall–Kier alpha value is -2.85. The summed E-state index contributed by atoms with van der Waals surface area (Å²) in [6.07, 6.45) is 4.31. The fraction of sp³-hybridized carbons (Fsp3) is 0.167. The van der Waals surface area contributed by atoms with Crippen molar-refractivity contribution in [1.82, 2.24) is 0 Å². The van der Waals surface area contributed by atoms with Crippen molar-refractivity contribution >= 4 is 35.3 Å². The van der Waals surface area contributed by atoms with Gasteiger partial charge in [-0.1, -0.05) is 60.3 Å². The zero-order chi connectivity index (χ0) is 19.5. The Morgan fingerprint density at radius 1 is 0.893 bits per heavy atom. The van der Waals surface area contributed by atoms with E-state index in [9.17, 15) is 0 Å². The van der Waals surface area contributed by atoms with Crippen molar-refractivity contribution in [3.8, 4) is 5.75 Å². The lowest BCUT2D eigenvalue weighted by Gasteiger charge is -2.12. The number of rotatable bonds is 5. The maximum atomic E-state index is 5.33. The molecule has 1 unspecified atom stereocenters. The zero-order valence-electron chi connectivity index (χ0n) is 16.3. The number of ether oxygens (including phenoxy) is 1. The number of fused-ring (bicyclic) bond motifs is 1. The molecule has 3 aromatic carbocycles. The third-order valence-corrected chi connectivity index (χ3v) is 6.05. The molecule has 3 nitrogen and oxygen atoms in total. The van der Waals surface area contributed by atoms with Crippen molar-refractivity contribution in [2.75, 3.05) is 31.4 Å². The van der Waals surface area contributed by atoms with Crippen molar-refractivity contribution in [1.29, 1.82) is 0 Å². The van der Waals surface area contributed by atoms with Crippen LogP contribution in [0.4, 0.5) is 11.4 Å². The van der Waals surface area contributed by atoms with E-state index in [1.807, 2.05) is 17.8 Å². The standard InChI is InChI=1S/C24H24N2OS/c1-26(2)20-12-8-18(9-13-20)5-4-17-6-10-19(11-7-17)24-25-22-15-14-21(27-3)16-23(22)28-24/h4-16,24-25H,1-3H3/b5-4+. The molecule has 0 saturated carbocycles. The SMILES string of the molecule is COc1ccc2c(c1)SC(c1ccc(/C=C/c3ccc(N(C)C)cc3)cc1)N2. The molecular weight excluding hydrogens is 364 g/mol. The molecule has 0 fully saturated rings. The molecular formula is C24H24N2OS. The highest BCUT2D eigenvalue weighted by Gasteiger charge is 2.23. The van der Waals surface area contributed by atoms with Gasteiger partial charge >= 0.3 is 0 Å². The fourth-order valence-electron chi connectivity index (χ4n) is 3.15. The number of hydrogen-bond acceptors (Lipinski definition) is 4. The molecule has 1 N–H and O–H groups in total. The molecule has 1 heterocycles. The normalized spacial score (nSPS) is 15.3. The average Bonchev–Trinajstić information content (AvgIpc) is 3.16. The summed E-state index contributed by atoms with van der Waals surface area (Å²) in [5.41, 5.74) is 6.05. The Bertz CT molecular complexity index is 978. The lowest BCUT2D eigenvalue weighted by molar-refractivity contribution is 0.414. The number of nitrogens with one attached hydrogen (secondary N) is 1. The first kappa shape index (κ1) is 18.5. The van der Waals surface area contributed by atoms with Crippen LogP contribution in [0.3, 0.4) is 0 Å². The quantitative estimate of drug-likeness (QED) is 0.530. The van der Waals surface area contributed by atoms with Crippen molar-refractivity contribution in [3.05, 3.63) is 83.4 Å². The number of anilines is 2. The highest BCUT2D eigenvalue weighted by molar-refractivity contribution is 8.00. The fourth-order valence-corrected chi connectivity index (χ4v) is 4.32. The molecule has 28 heavy (non-hydrogen) atoms. The summed E-state index contributed by atoms with van der Waals surface area (Å²) < 4.78 is 5.33. The molecule has 0 amide bonds. The van der Waals surface area contributed by atoms with E-state index < -0.39 is 0 Å². The van der Waals surface area contributed by atoms with Gasteiger partial charge in [-0.3, -0.25) is 0 Å². The van der Waals surface area contributed by atoms with E-state index >= 15 is 0 Å². The summed E-state index contributed by atoms with van der Waals surface area (Å²) in [6, 6.07) is 23.5. The molecule has 142 valence electrons. The second kappa shape index (κ2) is 8.03. The molecule has 1 aliphatic heterocycles. The Morgan fingerprint density at radius 2 is 1.54 bits per heavy atom. The van der Waals surface area contributed by atoms with Gasteiger partial charge in [0.05, 0.1) is 7.11 Å². The van der Waals surface area contributed by atoms with Gasteiger partial charge in [-0.15, -0.1) is 0 Å². The Kier molecular flexibility index (Phi) is 5.31. The minimum absolute atomic E-state index is 0.235. The minimum atomic E-state index is 0.235. The van der Waals surface area contributed by atoms with Crippen LogP contribution in [0, 0.1) is 0 Å². The Balaban J connectivity index is 1.43. The molecule has 4 heteroatoms. The number of methoxy groups -OCH3 is 1. The molecule has 0 aromatic heterocycles. The maximum absolute atomic E-state index is 5.33. The van der Waals surface area contributed by atoms with Crippen molar-refractivity contribution in [2.45, 2.75) is 10.3 Å². The first-order valence-corrected chi connectivity index (χ1v) is 10.2. The number of hydrogen-bond donors (Lipinski definition) is 1.